The molecule has 60 valence electrons. The van der Waals surface area contributed by atoms with Crippen LogP contribution in [-0.4, -0.2) is 19.8 Å². The zero-order valence-corrected chi connectivity index (χ0v) is 7.05. The highest BCUT2D eigenvalue weighted by atomic mass is 16.5. The van der Waals surface area contributed by atoms with Crippen LogP contribution in [0.1, 0.15) is 20.3 Å². The first-order chi connectivity index (χ1) is 4.60. The monoisotopic (exact) mass is 143 g/mol. The van der Waals surface area contributed by atoms with Crippen molar-refractivity contribution in [2.24, 2.45) is 17.1 Å². The van der Waals surface area contributed by atoms with Crippen LogP contribution in [0.2, 0.25) is 0 Å². The lowest BCUT2D eigenvalue weighted by atomic mass is 10.1. The normalized spacial score (nSPS) is 36.0. The zero-order chi connectivity index (χ0) is 7.78. The van der Waals surface area contributed by atoms with Crippen LogP contribution < -0.4 is 5.73 Å². The molecule has 0 saturated heterocycles. The van der Waals surface area contributed by atoms with Gasteiger partial charge in [0.2, 0.25) is 0 Å². The molecule has 1 saturated carbocycles. The molecule has 0 aliphatic heterocycles. The maximum Gasteiger partial charge on any atom is 0.0465 e. The molecule has 1 rings (SSSR count). The predicted octanol–water partition coefficient (Wildman–Crippen LogP) is 1.01. The number of hydrogen-bond donors (Lipinski definition) is 1. The third kappa shape index (κ3) is 1.18. The van der Waals surface area contributed by atoms with Crippen LogP contribution in [0.4, 0.5) is 0 Å². The minimum Gasteiger partial charge on any atom is -0.385 e. The number of hydrogen-bond acceptors (Lipinski definition) is 2. The van der Waals surface area contributed by atoms with Crippen molar-refractivity contribution in [1.29, 1.82) is 0 Å². The third-order valence-electron chi connectivity index (χ3n) is 2.77. The first kappa shape index (κ1) is 8.02. The molecular formula is C8H17NO. The summed E-state index contributed by atoms with van der Waals surface area (Å²) in [7, 11) is 1.74. The molecule has 0 amide bonds. The average molecular weight is 143 g/mol. The van der Waals surface area contributed by atoms with Gasteiger partial charge in [-0.05, 0) is 17.8 Å². The standard InChI is InChI=1S/C8H17NO/c1-8(2)6(7(8)9)4-5-10-3/h6-7H,4-5,9H2,1-3H3/t6-,7-/m0/s1. The van der Waals surface area contributed by atoms with Gasteiger partial charge in [0.25, 0.3) is 0 Å². The highest BCUT2D eigenvalue weighted by Crippen LogP contribution is 2.52. The Balaban J connectivity index is 2.22. The summed E-state index contributed by atoms with van der Waals surface area (Å²) in [6, 6.07) is 0.405. The first-order valence-electron chi connectivity index (χ1n) is 3.85. The lowest BCUT2D eigenvalue weighted by molar-refractivity contribution is 0.185. The molecule has 2 atom stereocenters. The molecular weight excluding hydrogens is 126 g/mol. The van der Waals surface area contributed by atoms with Crippen molar-refractivity contribution in [3.8, 4) is 0 Å². The molecule has 1 aliphatic rings. The molecule has 0 heterocycles. The summed E-state index contributed by atoms with van der Waals surface area (Å²) < 4.78 is 4.98. The van der Waals surface area contributed by atoms with E-state index in [1.165, 1.54) is 0 Å². The molecule has 0 spiro atoms. The Morgan fingerprint density at radius 3 is 2.30 bits per heavy atom. The minimum absolute atomic E-state index is 0.374. The molecule has 0 aromatic rings. The summed E-state index contributed by atoms with van der Waals surface area (Å²) in [5.74, 6) is 0.687. The number of ether oxygens (including phenoxy) is 1. The van der Waals surface area contributed by atoms with Gasteiger partial charge in [-0.15, -0.1) is 0 Å². The minimum atomic E-state index is 0.374. The number of methoxy groups -OCH3 is 1. The van der Waals surface area contributed by atoms with E-state index < -0.39 is 0 Å². The van der Waals surface area contributed by atoms with E-state index in [1.807, 2.05) is 0 Å². The Morgan fingerprint density at radius 1 is 1.50 bits per heavy atom. The van der Waals surface area contributed by atoms with Crippen molar-refractivity contribution in [3.63, 3.8) is 0 Å². The predicted molar refractivity (Wildman–Crippen MR) is 41.7 cm³/mol. The van der Waals surface area contributed by atoms with Gasteiger partial charge < -0.3 is 10.5 Å². The highest BCUT2D eigenvalue weighted by molar-refractivity contribution is 5.08. The van der Waals surface area contributed by atoms with E-state index in [9.17, 15) is 0 Å². The highest BCUT2D eigenvalue weighted by Gasteiger charge is 2.54. The SMILES string of the molecule is COCC[C@H]1[C@H](N)C1(C)C. The first-order valence-corrected chi connectivity index (χ1v) is 3.85. The van der Waals surface area contributed by atoms with Crippen LogP contribution >= 0.6 is 0 Å². The molecule has 0 unspecified atom stereocenters. The summed E-state index contributed by atoms with van der Waals surface area (Å²) in [4.78, 5) is 0. The Labute approximate surface area is 62.7 Å². The maximum atomic E-state index is 5.83. The maximum absolute atomic E-state index is 5.83. The molecule has 0 aromatic heterocycles. The van der Waals surface area contributed by atoms with E-state index in [-0.39, 0.29) is 0 Å². The van der Waals surface area contributed by atoms with Gasteiger partial charge in [-0.25, -0.2) is 0 Å². The fourth-order valence-electron chi connectivity index (χ4n) is 1.58. The second-order valence-corrected chi connectivity index (χ2v) is 3.74. The summed E-state index contributed by atoms with van der Waals surface area (Å²) in [5, 5.41) is 0. The van der Waals surface area contributed by atoms with Gasteiger partial charge in [0.05, 0.1) is 0 Å². The molecule has 0 radical (unpaired) electrons. The number of nitrogens with two attached hydrogens (primary N) is 1. The van der Waals surface area contributed by atoms with Gasteiger partial charge in [0.1, 0.15) is 0 Å². The summed E-state index contributed by atoms with van der Waals surface area (Å²) >= 11 is 0. The summed E-state index contributed by atoms with van der Waals surface area (Å²) in [5.41, 5.74) is 6.20. The van der Waals surface area contributed by atoms with Crippen LogP contribution in [0.3, 0.4) is 0 Å². The van der Waals surface area contributed by atoms with E-state index in [0.29, 0.717) is 17.4 Å². The molecule has 0 bridgehead atoms. The molecule has 0 aromatic carbocycles. The smallest absolute Gasteiger partial charge is 0.0465 e. The van der Waals surface area contributed by atoms with Crippen molar-refractivity contribution in [3.05, 3.63) is 0 Å². The van der Waals surface area contributed by atoms with Crippen molar-refractivity contribution >= 4 is 0 Å². The molecule has 1 fully saturated rings. The largest absolute Gasteiger partial charge is 0.385 e. The quantitative estimate of drug-likeness (QED) is 0.640. The lowest BCUT2D eigenvalue weighted by Crippen LogP contribution is -2.06. The fraction of sp³-hybridized carbons (Fsp3) is 1.00. The van der Waals surface area contributed by atoms with E-state index in [0.717, 1.165) is 13.0 Å². The Bertz CT molecular complexity index is 122. The van der Waals surface area contributed by atoms with Crippen molar-refractivity contribution < 1.29 is 4.74 Å². The van der Waals surface area contributed by atoms with Gasteiger partial charge in [0, 0.05) is 19.8 Å². The summed E-state index contributed by atoms with van der Waals surface area (Å²) in [6.07, 6.45) is 1.12. The second-order valence-electron chi connectivity index (χ2n) is 3.74. The second kappa shape index (κ2) is 2.51. The molecule has 1 aliphatic carbocycles. The van der Waals surface area contributed by atoms with Crippen LogP contribution in [0.5, 0.6) is 0 Å². The van der Waals surface area contributed by atoms with Crippen molar-refractivity contribution in [2.75, 3.05) is 13.7 Å². The van der Waals surface area contributed by atoms with Gasteiger partial charge in [0.15, 0.2) is 0 Å². The van der Waals surface area contributed by atoms with Crippen molar-refractivity contribution in [2.45, 2.75) is 26.3 Å². The van der Waals surface area contributed by atoms with Gasteiger partial charge in [-0.3, -0.25) is 0 Å². The Kier molecular flexibility index (Phi) is 2.02. The molecule has 2 heteroatoms. The fourth-order valence-corrected chi connectivity index (χ4v) is 1.58. The summed E-state index contributed by atoms with van der Waals surface area (Å²) in [6.45, 7) is 5.29. The van der Waals surface area contributed by atoms with E-state index in [4.69, 9.17) is 10.5 Å². The van der Waals surface area contributed by atoms with Crippen LogP contribution in [0.15, 0.2) is 0 Å². The van der Waals surface area contributed by atoms with Gasteiger partial charge in [-0.1, -0.05) is 13.8 Å². The van der Waals surface area contributed by atoms with Crippen molar-refractivity contribution in [1.82, 2.24) is 0 Å². The van der Waals surface area contributed by atoms with Crippen LogP contribution in [0.25, 0.3) is 0 Å². The molecule has 10 heavy (non-hydrogen) atoms. The van der Waals surface area contributed by atoms with E-state index in [2.05, 4.69) is 13.8 Å². The molecule has 2 nitrogen and oxygen atoms in total. The Hall–Kier alpha value is -0.0800. The number of rotatable bonds is 3. The van der Waals surface area contributed by atoms with Crippen LogP contribution in [-0.2, 0) is 4.74 Å². The van der Waals surface area contributed by atoms with E-state index in [1.54, 1.807) is 7.11 Å². The van der Waals surface area contributed by atoms with Crippen LogP contribution in [0, 0.1) is 11.3 Å². The zero-order valence-electron chi connectivity index (χ0n) is 7.05. The Morgan fingerprint density at radius 2 is 2.00 bits per heavy atom. The van der Waals surface area contributed by atoms with Gasteiger partial charge in [-0.2, -0.15) is 0 Å². The lowest BCUT2D eigenvalue weighted by Gasteiger charge is -1.99. The molecule has 2 N–H and O–H groups in total. The van der Waals surface area contributed by atoms with Gasteiger partial charge >= 0.3 is 0 Å². The third-order valence-corrected chi connectivity index (χ3v) is 2.77. The topological polar surface area (TPSA) is 35.2 Å². The average Bonchev–Trinajstić information content (AvgIpc) is 2.31. The van der Waals surface area contributed by atoms with E-state index >= 15 is 0 Å².